The van der Waals surface area contributed by atoms with Gasteiger partial charge in [-0.05, 0) is 55.7 Å². The van der Waals surface area contributed by atoms with Gasteiger partial charge in [0.15, 0.2) is 0 Å². The maximum atomic E-state index is 12.2. The highest BCUT2D eigenvalue weighted by molar-refractivity contribution is 7.14. The molecule has 3 rings (SSSR count). The van der Waals surface area contributed by atoms with Crippen molar-refractivity contribution >= 4 is 34.7 Å². The summed E-state index contributed by atoms with van der Waals surface area (Å²) >= 11 is 1.43. The average Bonchev–Trinajstić information content (AvgIpc) is 3.24. The van der Waals surface area contributed by atoms with Crippen LogP contribution >= 0.6 is 11.3 Å². The van der Waals surface area contributed by atoms with Crippen LogP contribution in [0.25, 0.3) is 0 Å². The van der Waals surface area contributed by atoms with Crippen LogP contribution in [-0.4, -0.2) is 24.3 Å². The molecule has 2 heterocycles. The number of hydrazine groups is 1. The van der Waals surface area contributed by atoms with Gasteiger partial charge in [0.1, 0.15) is 0 Å². The number of hydrogen-bond acceptors (Lipinski definition) is 4. The second kappa shape index (κ2) is 7.70. The highest BCUT2D eigenvalue weighted by Crippen LogP contribution is 2.23. The summed E-state index contributed by atoms with van der Waals surface area (Å²) in [4.78, 5) is 39.6. The molecule has 1 aromatic carbocycles. The molecule has 6 nitrogen and oxygen atoms in total. The van der Waals surface area contributed by atoms with E-state index in [1.165, 1.54) is 11.3 Å². The van der Waals surface area contributed by atoms with E-state index >= 15 is 0 Å². The second-order valence-corrected chi connectivity index (χ2v) is 7.31. The van der Waals surface area contributed by atoms with E-state index in [2.05, 4.69) is 10.9 Å². The minimum Gasteiger partial charge on any atom is -0.312 e. The Hall–Kier alpha value is -2.67. The first-order chi connectivity index (χ1) is 12.5. The molecular formula is C19H21N3O3S. The quantitative estimate of drug-likeness (QED) is 0.811. The zero-order chi connectivity index (χ0) is 18.7. The lowest BCUT2D eigenvalue weighted by atomic mass is 10.2. The normalized spacial score (nSPS) is 13.8. The van der Waals surface area contributed by atoms with Gasteiger partial charge in [0.05, 0.1) is 4.88 Å². The molecule has 2 aromatic rings. The Kier molecular flexibility index (Phi) is 5.37. The first kappa shape index (κ1) is 18.1. The van der Waals surface area contributed by atoms with Crippen LogP contribution in [0.5, 0.6) is 0 Å². The fraction of sp³-hybridized carbons (Fsp3) is 0.316. The zero-order valence-electron chi connectivity index (χ0n) is 14.8. The topological polar surface area (TPSA) is 78.5 Å². The third-order valence-electron chi connectivity index (χ3n) is 4.37. The number of anilines is 1. The number of aryl methyl sites for hydroxylation is 2. The number of rotatable bonds is 4. The summed E-state index contributed by atoms with van der Waals surface area (Å²) in [5, 5.41) is 0. The summed E-state index contributed by atoms with van der Waals surface area (Å²) in [5.41, 5.74) is 7.16. The van der Waals surface area contributed by atoms with Gasteiger partial charge in [-0.25, -0.2) is 0 Å². The molecule has 1 aliphatic rings. The molecule has 26 heavy (non-hydrogen) atoms. The van der Waals surface area contributed by atoms with Crippen molar-refractivity contribution in [3.05, 3.63) is 51.2 Å². The zero-order valence-corrected chi connectivity index (χ0v) is 15.6. The highest BCUT2D eigenvalue weighted by Gasteiger charge is 2.21. The van der Waals surface area contributed by atoms with Gasteiger partial charge in [0.25, 0.3) is 11.8 Å². The van der Waals surface area contributed by atoms with E-state index in [0.29, 0.717) is 23.4 Å². The van der Waals surface area contributed by atoms with Crippen LogP contribution in [0.3, 0.4) is 0 Å². The molecule has 7 heteroatoms. The third-order valence-corrected chi connectivity index (χ3v) is 5.75. The molecule has 0 radical (unpaired) electrons. The van der Waals surface area contributed by atoms with Crippen molar-refractivity contribution in [3.63, 3.8) is 0 Å². The number of thiophene rings is 1. The lowest BCUT2D eigenvalue weighted by molar-refractivity contribution is -0.117. The van der Waals surface area contributed by atoms with Crippen LogP contribution in [0.2, 0.25) is 0 Å². The van der Waals surface area contributed by atoms with Crippen molar-refractivity contribution < 1.29 is 14.4 Å². The van der Waals surface area contributed by atoms with E-state index in [0.717, 1.165) is 29.0 Å². The maximum absolute atomic E-state index is 12.2. The molecule has 2 N–H and O–H groups in total. The number of nitrogens with zero attached hydrogens (tertiary/aromatic N) is 1. The van der Waals surface area contributed by atoms with Gasteiger partial charge in [-0.15, -0.1) is 11.3 Å². The predicted molar refractivity (Wildman–Crippen MR) is 101 cm³/mol. The van der Waals surface area contributed by atoms with Crippen LogP contribution in [-0.2, 0) is 11.2 Å². The van der Waals surface area contributed by atoms with Crippen LogP contribution in [0.15, 0.2) is 30.3 Å². The first-order valence-electron chi connectivity index (χ1n) is 8.60. The molecule has 1 aliphatic heterocycles. The lowest BCUT2D eigenvalue weighted by Gasteiger charge is -2.15. The summed E-state index contributed by atoms with van der Waals surface area (Å²) in [6, 6.07) is 8.61. The SMILES string of the molecule is CCc1sc(C(=O)NNC(=O)c2ccc(N3CCCC3=O)cc2)cc1C. The molecule has 3 amide bonds. The Labute approximate surface area is 156 Å². The Bertz CT molecular complexity index is 842. The van der Waals surface area contributed by atoms with Crippen LogP contribution in [0.4, 0.5) is 5.69 Å². The lowest BCUT2D eigenvalue weighted by Crippen LogP contribution is -2.41. The van der Waals surface area contributed by atoms with Gasteiger partial charge >= 0.3 is 0 Å². The minimum absolute atomic E-state index is 0.104. The molecule has 0 atom stereocenters. The minimum atomic E-state index is -0.401. The van der Waals surface area contributed by atoms with Crippen LogP contribution in [0, 0.1) is 6.92 Å². The fourth-order valence-electron chi connectivity index (χ4n) is 2.94. The molecular weight excluding hydrogens is 350 g/mol. The number of carbonyl (C=O) groups excluding carboxylic acids is 3. The van der Waals surface area contributed by atoms with Gasteiger partial charge in [-0.2, -0.15) is 0 Å². The van der Waals surface area contributed by atoms with Crippen molar-refractivity contribution in [1.29, 1.82) is 0 Å². The Balaban J connectivity index is 1.59. The van der Waals surface area contributed by atoms with E-state index < -0.39 is 5.91 Å². The molecule has 0 spiro atoms. The largest absolute Gasteiger partial charge is 0.312 e. The smallest absolute Gasteiger partial charge is 0.279 e. The Morgan fingerprint density at radius 3 is 2.42 bits per heavy atom. The molecule has 1 fully saturated rings. The van der Waals surface area contributed by atoms with Crippen molar-refractivity contribution in [3.8, 4) is 0 Å². The molecule has 0 unspecified atom stereocenters. The summed E-state index contributed by atoms with van der Waals surface area (Å²) in [6.07, 6.45) is 2.30. The van der Waals surface area contributed by atoms with Crippen LogP contribution < -0.4 is 15.8 Å². The van der Waals surface area contributed by atoms with Crippen molar-refractivity contribution in [1.82, 2.24) is 10.9 Å². The number of amides is 3. The first-order valence-corrected chi connectivity index (χ1v) is 9.41. The van der Waals surface area contributed by atoms with E-state index in [1.807, 2.05) is 19.9 Å². The Morgan fingerprint density at radius 1 is 1.15 bits per heavy atom. The Morgan fingerprint density at radius 2 is 1.85 bits per heavy atom. The van der Waals surface area contributed by atoms with Gasteiger partial charge < -0.3 is 4.90 Å². The average molecular weight is 371 g/mol. The van der Waals surface area contributed by atoms with E-state index in [4.69, 9.17) is 0 Å². The predicted octanol–water partition coefficient (Wildman–Crippen LogP) is 2.82. The second-order valence-electron chi connectivity index (χ2n) is 6.17. The van der Waals surface area contributed by atoms with Crippen molar-refractivity contribution in [2.24, 2.45) is 0 Å². The van der Waals surface area contributed by atoms with E-state index in [9.17, 15) is 14.4 Å². The number of hydrogen-bond donors (Lipinski definition) is 2. The van der Waals surface area contributed by atoms with E-state index in [1.54, 1.807) is 29.2 Å². The van der Waals surface area contributed by atoms with Gasteiger partial charge in [0.2, 0.25) is 5.91 Å². The summed E-state index contributed by atoms with van der Waals surface area (Å²) in [6.45, 7) is 4.72. The molecule has 0 saturated carbocycles. The molecule has 1 aromatic heterocycles. The molecule has 0 bridgehead atoms. The summed E-state index contributed by atoms with van der Waals surface area (Å²) < 4.78 is 0. The van der Waals surface area contributed by atoms with Gasteiger partial charge in [0, 0.05) is 29.1 Å². The molecule has 1 saturated heterocycles. The molecule has 0 aliphatic carbocycles. The third kappa shape index (κ3) is 3.77. The fourth-order valence-corrected chi connectivity index (χ4v) is 3.95. The van der Waals surface area contributed by atoms with Crippen molar-refractivity contribution in [2.45, 2.75) is 33.1 Å². The van der Waals surface area contributed by atoms with Gasteiger partial charge in [-0.1, -0.05) is 6.92 Å². The highest BCUT2D eigenvalue weighted by atomic mass is 32.1. The number of nitrogens with one attached hydrogen (secondary N) is 2. The monoisotopic (exact) mass is 371 g/mol. The van der Waals surface area contributed by atoms with E-state index in [-0.39, 0.29) is 11.8 Å². The molecule has 136 valence electrons. The standard InChI is InChI=1S/C19H21N3O3S/c1-3-15-12(2)11-16(26-15)19(25)21-20-18(24)13-6-8-14(9-7-13)22-10-4-5-17(22)23/h6-9,11H,3-5,10H2,1-2H3,(H,20,24)(H,21,25). The summed E-state index contributed by atoms with van der Waals surface area (Å²) in [5.74, 6) is -0.626. The number of carbonyl (C=O) groups is 3. The number of benzene rings is 1. The summed E-state index contributed by atoms with van der Waals surface area (Å²) in [7, 11) is 0. The maximum Gasteiger partial charge on any atom is 0.279 e. The van der Waals surface area contributed by atoms with Crippen LogP contribution in [0.1, 0.15) is 50.2 Å². The van der Waals surface area contributed by atoms with Gasteiger partial charge in [-0.3, -0.25) is 25.2 Å². The van der Waals surface area contributed by atoms with Crippen molar-refractivity contribution in [2.75, 3.05) is 11.4 Å².